The van der Waals surface area contributed by atoms with E-state index in [9.17, 15) is 4.79 Å². The van der Waals surface area contributed by atoms with Crippen molar-refractivity contribution in [1.29, 1.82) is 0 Å². The lowest BCUT2D eigenvalue weighted by Crippen LogP contribution is -2.22. The van der Waals surface area contributed by atoms with E-state index >= 15 is 0 Å². The van der Waals surface area contributed by atoms with Gasteiger partial charge in [-0.2, -0.15) is 0 Å². The summed E-state index contributed by atoms with van der Waals surface area (Å²) >= 11 is 5.67. The molecule has 0 aliphatic carbocycles. The molecule has 17 heavy (non-hydrogen) atoms. The summed E-state index contributed by atoms with van der Waals surface area (Å²) in [6, 6.07) is 5.94. The molecule has 0 unspecified atom stereocenters. The van der Waals surface area contributed by atoms with Crippen LogP contribution in [0.25, 0.3) is 6.08 Å². The minimum Gasteiger partial charge on any atom is -0.457 e. The zero-order valence-corrected chi connectivity index (χ0v) is 13.7. The molecule has 0 spiro atoms. The van der Waals surface area contributed by atoms with Gasteiger partial charge in [0.15, 0.2) is 0 Å². The van der Waals surface area contributed by atoms with Crippen LogP contribution < -0.4 is 0 Å². The van der Waals surface area contributed by atoms with Gasteiger partial charge in [-0.15, -0.1) is 0 Å². The van der Waals surface area contributed by atoms with E-state index in [0.717, 1.165) is 13.6 Å². The molecule has 0 bridgehead atoms. The molecule has 1 aromatic carbocycles. The maximum Gasteiger partial charge on any atom is 0.331 e. The molecule has 0 aliphatic heterocycles. The number of hydrogen-bond donors (Lipinski definition) is 0. The smallest absolute Gasteiger partial charge is 0.331 e. The van der Waals surface area contributed by atoms with Gasteiger partial charge in [0.05, 0.1) is 0 Å². The van der Waals surface area contributed by atoms with Gasteiger partial charge >= 0.3 is 5.97 Å². The van der Waals surface area contributed by atoms with Crippen LogP contribution in [0.15, 0.2) is 28.7 Å². The number of benzene rings is 1. The van der Waals surface area contributed by atoms with Gasteiger partial charge in [0.25, 0.3) is 0 Å². The Morgan fingerprint density at radius 2 is 2.06 bits per heavy atom. The first-order chi connectivity index (χ1) is 7.78. The average molecular weight is 409 g/mol. The first-order valence-corrected chi connectivity index (χ1v) is 7.01. The molecule has 0 aromatic heterocycles. The monoisotopic (exact) mass is 408 g/mol. The van der Waals surface area contributed by atoms with E-state index in [1.807, 2.05) is 39.0 Å². The van der Waals surface area contributed by atoms with E-state index in [4.69, 9.17) is 4.74 Å². The Kier molecular flexibility index (Phi) is 5.19. The number of hydrogen-bond acceptors (Lipinski definition) is 2. The van der Waals surface area contributed by atoms with Gasteiger partial charge in [-0.05, 0) is 73.2 Å². The molecule has 1 aromatic rings. The van der Waals surface area contributed by atoms with E-state index in [-0.39, 0.29) is 5.97 Å². The number of halogens is 2. The summed E-state index contributed by atoms with van der Waals surface area (Å²) in [6.45, 7) is 5.54. The second kappa shape index (κ2) is 6.00. The van der Waals surface area contributed by atoms with Crippen molar-refractivity contribution in [1.82, 2.24) is 0 Å². The molecule has 92 valence electrons. The van der Waals surface area contributed by atoms with Crippen LogP contribution in [-0.4, -0.2) is 11.6 Å². The minimum absolute atomic E-state index is 0.330. The topological polar surface area (TPSA) is 26.3 Å². The van der Waals surface area contributed by atoms with E-state index in [1.165, 1.54) is 6.08 Å². The fourth-order valence-corrected chi connectivity index (χ4v) is 2.03. The highest BCUT2D eigenvalue weighted by Gasteiger charge is 2.13. The van der Waals surface area contributed by atoms with Crippen molar-refractivity contribution in [3.63, 3.8) is 0 Å². The molecule has 0 heterocycles. The van der Waals surface area contributed by atoms with Gasteiger partial charge in [-0.3, -0.25) is 0 Å². The van der Waals surface area contributed by atoms with Gasteiger partial charge in [0.1, 0.15) is 5.60 Å². The maximum absolute atomic E-state index is 11.5. The van der Waals surface area contributed by atoms with E-state index in [2.05, 4.69) is 38.5 Å². The van der Waals surface area contributed by atoms with Gasteiger partial charge < -0.3 is 4.74 Å². The molecule has 0 atom stereocenters. The van der Waals surface area contributed by atoms with Crippen molar-refractivity contribution in [2.45, 2.75) is 26.4 Å². The fourth-order valence-electron chi connectivity index (χ4n) is 1.14. The van der Waals surface area contributed by atoms with E-state index < -0.39 is 5.60 Å². The van der Waals surface area contributed by atoms with Crippen molar-refractivity contribution >= 4 is 50.6 Å². The number of rotatable bonds is 2. The zero-order valence-electron chi connectivity index (χ0n) is 9.96. The predicted octanol–water partition coefficient (Wildman–Crippen LogP) is 4.41. The highest BCUT2D eigenvalue weighted by Crippen LogP contribution is 2.21. The molecule has 0 aliphatic rings. The SMILES string of the molecule is CC(C)(C)OC(=O)/C=C/c1cc(I)ccc1Br. The first kappa shape index (κ1) is 14.7. The van der Waals surface area contributed by atoms with E-state index in [0.29, 0.717) is 0 Å². The van der Waals surface area contributed by atoms with Crippen LogP contribution in [0.2, 0.25) is 0 Å². The number of ether oxygens (including phenoxy) is 1. The van der Waals surface area contributed by atoms with Crippen molar-refractivity contribution in [2.75, 3.05) is 0 Å². The van der Waals surface area contributed by atoms with Crippen LogP contribution >= 0.6 is 38.5 Å². The molecule has 0 N–H and O–H groups in total. The lowest BCUT2D eigenvalue weighted by atomic mass is 10.2. The van der Waals surface area contributed by atoms with Crippen LogP contribution in [0.5, 0.6) is 0 Å². The Morgan fingerprint density at radius 1 is 1.41 bits per heavy atom. The van der Waals surface area contributed by atoms with Crippen LogP contribution in [0.4, 0.5) is 0 Å². The van der Waals surface area contributed by atoms with Gasteiger partial charge in [-0.1, -0.05) is 15.9 Å². The van der Waals surface area contributed by atoms with Gasteiger partial charge in [0.2, 0.25) is 0 Å². The summed E-state index contributed by atoms with van der Waals surface area (Å²) in [5.74, 6) is -0.330. The Balaban J connectivity index is 2.77. The number of carbonyl (C=O) groups excluding carboxylic acids is 1. The lowest BCUT2D eigenvalue weighted by Gasteiger charge is -2.17. The molecule has 0 fully saturated rings. The van der Waals surface area contributed by atoms with Gasteiger partial charge in [0, 0.05) is 14.1 Å². The lowest BCUT2D eigenvalue weighted by molar-refractivity contribution is -0.148. The molecule has 0 saturated heterocycles. The number of esters is 1. The van der Waals surface area contributed by atoms with Crippen LogP contribution in [0, 0.1) is 3.57 Å². The largest absolute Gasteiger partial charge is 0.457 e. The summed E-state index contributed by atoms with van der Waals surface area (Å²) in [5, 5.41) is 0. The number of carbonyl (C=O) groups is 1. The summed E-state index contributed by atoms with van der Waals surface area (Å²) in [5.41, 5.74) is 0.506. The second-order valence-electron chi connectivity index (χ2n) is 4.53. The van der Waals surface area contributed by atoms with Crippen LogP contribution in [0.1, 0.15) is 26.3 Å². The molecular weight excluding hydrogens is 395 g/mol. The highest BCUT2D eigenvalue weighted by atomic mass is 127. The Bertz CT molecular complexity index is 447. The average Bonchev–Trinajstić information content (AvgIpc) is 2.17. The fraction of sp³-hybridized carbons (Fsp3) is 0.308. The normalized spacial score (nSPS) is 11.8. The molecule has 4 heteroatoms. The van der Waals surface area contributed by atoms with Crippen molar-refractivity contribution in [3.05, 3.63) is 37.9 Å². The molecular formula is C13H14BrIO2. The summed E-state index contributed by atoms with van der Waals surface area (Å²) < 4.78 is 7.26. The summed E-state index contributed by atoms with van der Waals surface area (Å²) in [7, 11) is 0. The summed E-state index contributed by atoms with van der Waals surface area (Å²) in [4.78, 5) is 11.5. The predicted molar refractivity (Wildman–Crippen MR) is 81.7 cm³/mol. The van der Waals surface area contributed by atoms with Crippen LogP contribution in [-0.2, 0) is 9.53 Å². The van der Waals surface area contributed by atoms with Crippen molar-refractivity contribution in [2.24, 2.45) is 0 Å². The third-order valence-electron chi connectivity index (χ3n) is 1.76. The van der Waals surface area contributed by atoms with Crippen LogP contribution in [0.3, 0.4) is 0 Å². The third-order valence-corrected chi connectivity index (χ3v) is 3.16. The zero-order chi connectivity index (χ0) is 13.1. The minimum atomic E-state index is -0.455. The molecule has 0 amide bonds. The maximum atomic E-state index is 11.5. The third kappa shape index (κ3) is 5.68. The van der Waals surface area contributed by atoms with Crippen molar-refractivity contribution < 1.29 is 9.53 Å². The molecule has 0 radical (unpaired) electrons. The Morgan fingerprint density at radius 3 is 2.65 bits per heavy atom. The quantitative estimate of drug-likeness (QED) is 0.411. The highest BCUT2D eigenvalue weighted by molar-refractivity contribution is 14.1. The first-order valence-electron chi connectivity index (χ1n) is 5.14. The Labute approximate surface area is 124 Å². The van der Waals surface area contributed by atoms with Crippen molar-refractivity contribution in [3.8, 4) is 0 Å². The molecule has 2 nitrogen and oxygen atoms in total. The van der Waals surface area contributed by atoms with Gasteiger partial charge in [-0.25, -0.2) is 4.79 Å². The molecule has 0 saturated carbocycles. The second-order valence-corrected chi connectivity index (χ2v) is 6.63. The van der Waals surface area contributed by atoms with E-state index in [1.54, 1.807) is 6.08 Å². The Hall–Kier alpha value is -0.360. The standard InChI is InChI=1S/C13H14BrIO2/c1-13(2,3)17-12(16)7-4-9-8-10(15)5-6-11(9)14/h4-8H,1-3H3/b7-4+. The molecule has 1 rings (SSSR count). The summed E-state index contributed by atoms with van der Waals surface area (Å²) in [6.07, 6.45) is 3.20.